The van der Waals surface area contributed by atoms with Crippen molar-refractivity contribution < 1.29 is 9.59 Å². The summed E-state index contributed by atoms with van der Waals surface area (Å²) >= 11 is 13.5. The van der Waals surface area contributed by atoms with Crippen molar-refractivity contribution in [2.24, 2.45) is 13.0 Å². The highest BCUT2D eigenvalue weighted by Crippen LogP contribution is 2.26. The average Bonchev–Trinajstić information content (AvgIpc) is 3.15. The first-order valence-electron chi connectivity index (χ1n) is 11.2. The van der Waals surface area contributed by atoms with Crippen molar-refractivity contribution in [1.82, 2.24) is 20.1 Å². The van der Waals surface area contributed by atoms with Crippen molar-refractivity contribution in [3.63, 3.8) is 0 Å². The number of amides is 2. The molecule has 35 heavy (non-hydrogen) atoms. The smallest absolute Gasteiger partial charge is 0.253 e. The fourth-order valence-corrected chi connectivity index (χ4v) is 4.78. The number of anilines is 1. The Kier molecular flexibility index (Phi) is 9.21. The maximum absolute atomic E-state index is 12.9. The van der Waals surface area contributed by atoms with Gasteiger partial charge in [-0.05, 0) is 61.6 Å². The zero-order valence-electron chi connectivity index (χ0n) is 20.4. The van der Waals surface area contributed by atoms with Gasteiger partial charge in [-0.2, -0.15) is 0 Å². The molecule has 0 spiro atoms. The molecule has 0 fully saturated rings. The van der Waals surface area contributed by atoms with Crippen LogP contribution >= 0.6 is 35.0 Å². The fourth-order valence-electron chi connectivity index (χ4n) is 3.57. The third-order valence-corrected chi connectivity index (χ3v) is 7.15. The molecule has 0 aliphatic carbocycles. The van der Waals surface area contributed by atoms with Gasteiger partial charge in [-0.3, -0.25) is 9.59 Å². The van der Waals surface area contributed by atoms with Crippen LogP contribution in [0.4, 0.5) is 5.69 Å². The number of carbonyl (C=O) groups is 2. The number of aryl methyl sites for hydroxylation is 1. The zero-order chi connectivity index (χ0) is 25.7. The molecule has 186 valence electrons. The molecular formula is C25H29Cl2N5O2S. The summed E-state index contributed by atoms with van der Waals surface area (Å²) in [7, 11) is 1.83. The number of aromatic nitrogens is 3. The van der Waals surface area contributed by atoms with Crippen LogP contribution in [0.25, 0.3) is 0 Å². The lowest BCUT2D eigenvalue weighted by Gasteiger charge is -2.20. The lowest BCUT2D eigenvalue weighted by molar-refractivity contribution is -0.113. The van der Waals surface area contributed by atoms with Crippen molar-refractivity contribution in [2.75, 3.05) is 11.1 Å². The van der Waals surface area contributed by atoms with Crippen molar-refractivity contribution >= 4 is 52.5 Å². The molecule has 7 nitrogen and oxygen atoms in total. The van der Waals surface area contributed by atoms with Gasteiger partial charge in [-0.1, -0.05) is 60.9 Å². The summed E-state index contributed by atoms with van der Waals surface area (Å²) in [6.07, 6.45) is 0.653. The Morgan fingerprint density at radius 1 is 1.11 bits per heavy atom. The highest BCUT2D eigenvalue weighted by atomic mass is 35.5. The van der Waals surface area contributed by atoms with E-state index in [4.69, 9.17) is 23.2 Å². The Morgan fingerprint density at radius 3 is 2.54 bits per heavy atom. The van der Waals surface area contributed by atoms with E-state index in [-0.39, 0.29) is 34.5 Å². The van der Waals surface area contributed by atoms with Gasteiger partial charge in [0.2, 0.25) is 5.91 Å². The van der Waals surface area contributed by atoms with E-state index in [0.29, 0.717) is 28.0 Å². The van der Waals surface area contributed by atoms with Crippen LogP contribution in [0.3, 0.4) is 0 Å². The maximum atomic E-state index is 12.9. The zero-order valence-corrected chi connectivity index (χ0v) is 22.7. The molecule has 1 aromatic heterocycles. The van der Waals surface area contributed by atoms with Gasteiger partial charge in [-0.15, -0.1) is 10.2 Å². The summed E-state index contributed by atoms with van der Waals surface area (Å²) in [5.74, 6) is 0.632. The van der Waals surface area contributed by atoms with Gasteiger partial charge in [0, 0.05) is 17.8 Å². The Labute approximate surface area is 220 Å². The quantitative estimate of drug-likeness (QED) is 0.330. The normalized spacial score (nSPS) is 12.0. The van der Waals surface area contributed by atoms with Gasteiger partial charge in [0.05, 0.1) is 22.4 Å². The molecule has 0 radical (unpaired) electrons. The summed E-state index contributed by atoms with van der Waals surface area (Å²) in [6.45, 7) is 8.12. The summed E-state index contributed by atoms with van der Waals surface area (Å²) in [6, 6.07) is 10.2. The largest absolute Gasteiger partial charge is 0.342 e. The second-order valence-corrected chi connectivity index (χ2v) is 10.6. The van der Waals surface area contributed by atoms with Crippen LogP contribution < -0.4 is 10.6 Å². The molecule has 0 saturated heterocycles. The van der Waals surface area contributed by atoms with Crippen molar-refractivity contribution in [1.29, 1.82) is 0 Å². The molecule has 3 rings (SSSR count). The summed E-state index contributed by atoms with van der Waals surface area (Å²) in [5, 5.41) is 15.9. The molecule has 2 amide bonds. The van der Waals surface area contributed by atoms with Crippen LogP contribution in [0, 0.1) is 19.8 Å². The second kappa shape index (κ2) is 11.9. The topological polar surface area (TPSA) is 88.9 Å². The van der Waals surface area contributed by atoms with E-state index in [2.05, 4.69) is 34.7 Å². The van der Waals surface area contributed by atoms with E-state index in [9.17, 15) is 9.59 Å². The fraction of sp³-hybridized carbons (Fsp3) is 0.360. The highest BCUT2D eigenvalue weighted by molar-refractivity contribution is 7.99. The number of thioether (sulfide) groups is 1. The Morgan fingerprint density at radius 2 is 1.86 bits per heavy atom. The number of nitrogens with one attached hydrogen (secondary N) is 2. The molecule has 1 atom stereocenters. The maximum Gasteiger partial charge on any atom is 0.253 e. The molecule has 1 heterocycles. The molecule has 0 bridgehead atoms. The minimum absolute atomic E-state index is 0.127. The third-order valence-electron chi connectivity index (χ3n) is 5.58. The summed E-state index contributed by atoms with van der Waals surface area (Å²) < 4.78 is 1.81. The average molecular weight is 535 g/mol. The SMILES string of the molecule is Cc1cccc(NC(=O)CSc2nnc([C@@H](CC(C)C)NC(=O)c3ccc(Cl)cc3Cl)n2C)c1C. The molecular weight excluding hydrogens is 505 g/mol. The van der Waals surface area contributed by atoms with E-state index >= 15 is 0 Å². The predicted molar refractivity (Wildman–Crippen MR) is 142 cm³/mol. The molecule has 0 aliphatic rings. The number of benzene rings is 2. The first-order valence-corrected chi connectivity index (χ1v) is 12.9. The summed E-state index contributed by atoms with van der Waals surface area (Å²) in [5.41, 5.74) is 3.30. The Bertz CT molecular complexity index is 1230. The van der Waals surface area contributed by atoms with Crippen LogP contribution in [-0.4, -0.2) is 32.3 Å². The molecule has 0 saturated carbocycles. The number of carbonyl (C=O) groups excluding carboxylic acids is 2. The van der Waals surface area contributed by atoms with E-state index in [0.717, 1.165) is 16.8 Å². The Balaban J connectivity index is 1.71. The van der Waals surface area contributed by atoms with Crippen LogP contribution in [0.2, 0.25) is 10.0 Å². The van der Waals surface area contributed by atoms with Gasteiger partial charge in [0.15, 0.2) is 11.0 Å². The van der Waals surface area contributed by atoms with Gasteiger partial charge >= 0.3 is 0 Å². The minimum Gasteiger partial charge on any atom is -0.342 e. The predicted octanol–water partition coefficient (Wildman–Crippen LogP) is 5.99. The number of hydrogen-bond acceptors (Lipinski definition) is 5. The molecule has 0 aliphatic heterocycles. The van der Waals surface area contributed by atoms with Crippen LogP contribution in [-0.2, 0) is 11.8 Å². The molecule has 2 N–H and O–H groups in total. The summed E-state index contributed by atoms with van der Waals surface area (Å²) in [4.78, 5) is 25.5. The van der Waals surface area contributed by atoms with Crippen molar-refractivity contribution in [2.45, 2.75) is 45.3 Å². The van der Waals surface area contributed by atoms with Crippen LogP contribution in [0.5, 0.6) is 0 Å². The number of hydrogen-bond donors (Lipinski definition) is 2. The molecule has 2 aromatic carbocycles. The number of halogens is 2. The molecule has 3 aromatic rings. The monoisotopic (exact) mass is 533 g/mol. The second-order valence-electron chi connectivity index (χ2n) is 8.76. The standard InChI is InChI=1S/C25H29Cl2N5O2S/c1-14(2)11-21(29-24(34)18-10-9-17(26)12-19(18)27)23-30-31-25(32(23)5)35-13-22(33)28-20-8-6-7-15(3)16(20)4/h6-10,12,14,21H,11,13H2,1-5H3,(H,28,33)(H,29,34)/t21-/m1/s1. The van der Waals surface area contributed by atoms with Crippen LogP contribution in [0.15, 0.2) is 41.6 Å². The molecule has 10 heteroatoms. The number of rotatable bonds is 9. The van der Waals surface area contributed by atoms with Gasteiger partial charge in [-0.25, -0.2) is 0 Å². The minimum atomic E-state index is -0.384. The van der Waals surface area contributed by atoms with E-state index in [1.54, 1.807) is 12.1 Å². The molecule has 0 unspecified atom stereocenters. The first-order chi connectivity index (χ1) is 16.6. The van der Waals surface area contributed by atoms with E-state index < -0.39 is 0 Å². The van der Waals surface area contributed by atoms with Crippen LogP contribution in [0.1, 0.15) is 53.6 Å². The number of nitrogens with zero attached hydrogens (tertiary/aromatic N) is 3. The lowest BCUT2D eigenvalue weighted by atomic mass is 10.0. The lowest BCUT2D eigenvalue weighted by Crippen LogP contribution is -2.31. The van der Waals surface area contributed by atoms with Crippen molar-refractivity contribution in [3.05, 3.63) is 69.0 Å². The van der Waals surface area contributed by atoms with Gasteiger partial charge in [0.1, 0.15) is 0 Å². The van der Waals surface area contributed by atoms with Gasteiger partial charge in [0.25, 0.3) is 5.91 Å². The van der Waals surface area contributed by atoms with Crippen molar-refractivity contribution in [3.8, 4) is 0 Å². The third kappa shape index (κ3) is 6.99. The van der Waals surface area contributed by atoms with E-state index in [1.165, 1.54) is 17.8 Å². The Hall–Kier alpha value is -2.55. The van der Waals surface area contributed by atoms with E-state index in [1.807, 2.05) is 43.7 Å². The van der Waals surface area contributed by atoms with Gasteiger partial charge < -0.3 is 15.2 Å². The highest BCUT2D eigenvalue weighted by Gasteiger charge is 2.24. The first kappa shape index (κ1) is 27.0.